The lowest BCUT2D eigenvalue weighted by Crippen LogP contribution is -2.30. The molecule has 0 heterocycles. The van der Waals surface area contributed by atoms with Crippen molar-refractivity contribution < 1.29 is 22.7 Å². The van der Waals surface area contributed by atoms with Gasteiger partial charge in [0.25, 0.3) is 5.91 Å². The molecule has 7 nitrogen and oxygen atoms in total. The molecule has 0 unspecified atom stereocenters. The van der Waals surface area contributed by atoms with Crippen LogP contribution in [-0.4, -0.2) is 44.9 Å². The van der Waals surface area contributed by atoms with Crippen LogP contribution in [0.25, 0.3) is 0 Å². The van der Waals surface area contributed by atoms with Crippen molar-refractivity contribution in [1.82, 2.24) is 4.31 Å². The van der Waals surface area contributed by atoms with Crippen molar-refractivity contribution in [3.05, 3.63) is 47.0 Å². The van der Waals surface area contributed by atoms with Gasteiger partial charge in [-0.2, -0.15) is 4.31 Å². The number of carbonyl (C=O) groups excluding carboxylic acids is 1. The van der Waals surface area contributed by atoms with Gasteiger partial charge in [-0.3, -0.25) is 4.79 Å². The molecule has 9 heteroatoms. The third kappa shape index (κ3) is 5.87. The molecule has 0 spiro atoms. The van der Waals surface area contributed by atoms with Crippen molar-refractivity contribution in [2.75, 3.05) is 31.6 Å². The highest BCUT2D eigenvalue weighted by Crippen LogP contribution is 2.29. The summed E-state index contributed by atoms with van der Waals surface area (Å²) in [7, 11) is -3.67. The SMILES string of the molecule is CCOc1ccc(S(=O)(=O)N(CC)CC)cc1NC(=O)COc1ccc(Cl)c(C)c1. The van der Waals surface area contributed by atoms with E-state index in [0.717, 1.165) is 5.56 Å². The van der Waals surface area contributed by atoms with Gasteiger partial charge in [0, 0.05) is 18.1 Å². The van der Waals surface area contributed by atoms with Crippen LogP contribution in [0.2, 0.25) is 5.02 Å². The molecule has 2 rings (SSSR count). The van der Waals surface area contributed by atoms with Crippen LogP contribution >= 0.6 is 11.6 Å². The molecule has 1 N–H and O–H groups in total. The number of nitrogens with zero attached hydrogens (tertiary/aromatic N) is 1. The summed E-state index contributed by atoms with van der Waals surface area (Å²) in [5.74, 6) is 0.447. The summed E-state index contributed by atoms with van der Waals surface area (Å²) in [5.41, 5.74) is 1.11. The van der Waals surface area contributed by atoms with Crippen molar-refractivity contribution in [2.45, 2.75) is 32.6 Å². The lowest BCUT2D eigenvalue weighted by atomic mass is 10.2. The van der Waals surface area contributed by atoms with E-state index in [-0.39, 0.29) is 17.2 Å². The minimum absolute atomic E-state index is 0.0826. The standard InChI is InChI=1S/C21H27ClN2O5S/c1-5-24(6-2)30(26,27)17-9-11-20(28-7-3)19(13-17)23-21(25)14-29-16-8-10-18(22)15(4)12-16/h8-13H,5-7,14H2,1-4H3,(H,23,25). The Morgan fingerprint density at radius 2 is 1.77 bits per heavy atom. The zero-order valence-electron chi connectivity index (χ0n) is 17.6. The zero-order valence-corrected chi connectivity index (χ0v) is 19.1. The smallest absolute Gasteiger partial charge is 0.262 e. The molecule has 2 aromatic carbocycles. The fraction of sp³-hybridized carbons (Fsp3) is 0.381. The van der Waals surface area contributed by atoms with Gasteiger partial charge in [0.05, 0.1) is 17.2 Å². The van der Waals surface area contributed by atoms with E-state index in [0.29, 0.717) is 36.2 Å². The molecule has 0 aliphatic rings. The van der Waals surface area contributed by atoms with Gasteiger partial charge in [-0.15, -0.1) is 0 Å². The number of rotatable bonds is 10. The van der Waals surface area contributed by atoms with E-state index in [1.807, 2.05) is 6.92 Å². The van der Waals surface area contributed by atoms with E-state index in [9.17, 15) is 13.2 Å². The quantitative estimate of drug-likeness (QED) is 0.584. The first-order chi connectivity index (χ1) is 14.2. The molecule has 0 bridgehead atoms. The van der Waals surface area contributed by atoms with Crippen LogP contribution in [0.5, 0.6) is 11.5 Å². The maximum atomic E-state index is 12.8. The molecule has 0 fully saturated rings. The average Bonchev–Trinajstić information content (AvgIpc) is 2.71. The van der Waals surface area contributed by atoms with Crippen molar-refractivity contribution in [2.24, 2.45) is 0 Å². The molecule has 0 radical (unpaired) electrons. The Labute approximate surface area is 183 Å². The Morgan fingerprint density at radius 1 is 1.07 bits per heavy atom. The highest BCUT2D eigenvalue weighted by atomic mass is 35.5. The van der Waals surface area contributed by atoms with Gasteiger partial charge in [0.2, 0.25) is 10.0 Å². The first-order valence-corrected chi connectivity index (χ1v) is 11.5. The van der Waals surface area contributed by atoms with E-state index in [1.54, 1.807) is 45.0 Å². The number of amides is 1. The van der Waals surface area contributed by atoms with Crippen LogP contribution in [-0.2, 0) is 14.8 Å². The molecule has 0 aliphatic heterocycles. The van der Waals surface area contributed by atoms with E-state index >= 15 is 0 Å². The third-order valence-corrected chi connectivity index (χ3v) is 6.84. The molecular formula is C21H27ClN2O5S. The fourth-order valence-corrected chi connectivity index (χ4v) is 4.41. The lowest BCUT2D eigenvalue weighted by molar-refractivity contribution is -0.118. The van der Waals surface area contributed by atoms with E-state index in [1.165, 1.54) is 16.4 Å². The van der Waals surface area contributed by atoms with Crippen molar-refractivity contribution in [3.63, 3.8) is 0 Å². The molecule has 1 amide bonds. The number of anilines is 1. The summed E-state index contributed by atoms with van der Waals surface area (Å²) in [6.07, 6.45) is 0. The molecule has 0 atom stereocenters. The minimum atomic E-state index is -3.67. The maximum Gasteiger partial charge on any atom is 0.262 e. The number of hydrogen-bond acceptors (Lipinski definition) is 5. The predicted molar refractivity (Wildman–Crippen MR) is 118 cm³/mol. The maximum absolute atomic E-state index is 12.8. The van der Waals surface area contributed by atoms with Gasteiger partial charge in [0.15, 0.2) is 6.61 Å². The second kappa shape index (κ2) is 10.7. The van der Waals surface area contributed by atoms with Crippen LogP contribution in [0, 0.1) is 6.92 Å². The van der Waals surface area contributed by atoms with Crippen molar-refractivity contribution in [3.8, 4) is 11.5 Å². The van der Waals surface area contributed by atoms with Gasteiger partial charge >= 0.3 is 0 Å². The van der Waals surface area contributed by atoms with Crippen LogP contribution < -0.4 is 14.8 Å². The summed E-state index contributed by atoms with van der Waals surface area (Å²) >= 11 is 5.99. The molecule has 2 aromatic rings. The predicted octanol–water partition coefficient (Wildman–Crippen LogP) is 4.10. The van der Waals surface area contributed by atoms with Gasteiger partial charge < -0.3 is 14.8 Å². The summed E-state index contributed by atoms with van der Waals surface area (Å²) in [4.78, 5) is 12.5. The normalized spacial score (nSPS) is 11.4. The molecule has 0 saturated carbocycles. The Balaban J connectivity index is 2.21. The van der Waals surface area contributed by atoms with Crippen molar-refractivity contribution in [1.29, 1.82) is 0 Å². The highest BCUT2D eigenvalue weighted by Gasteiger charge is 2.23. The Morgan fingerprint density at radius 3 is 2.37 bits per heavy atom. The van der Waals surface area contributed by atoms with E-state index < -0.39 is 15.9 Å². The van der Waals surface area contributed by atoms with Crippen molar-refractivity contribution >= 4 is 33.2 Å². The van der Waals surface area contributed by atoms with E-state index in [2.05, 4.69) is 5.32 Å². The molecule has 0 aliphatic carbocycles. The first kappa shape index (κ1) is 24.0. The summed E-state index contributed by atoms with van der Waals surface area (Å²) in [6.45, 7) is 8.00. The minimum Gasteiger partial charge on any atom is -0.492 e. The monoisotopic (exact) mass is 454 g/mol. The summed E-state index contributed by atoms with van der Waals surface area (Å²) in [5, 5.41) is 3.29. The second-order valence-electron chi connectivity index (χ2n) is 6.43. The summed E-state index contributed by atoms with van der Waals surface area (Å²) in [6, 6.07) is 9.52. The number of aryl methyl sites for hydroxylation is 1. The average molecular weight is 455 g/mol. The van der Waals surface area contributed by atoms with Gasteiger partial charge in [0.1, 0.15) is 11.5 Å². The van der Waals surface area contributed by atoms with E-state index in [4.69, 9.17) is 21.1 Å². The van der Waals surface area contributed by atoms with Crippen LogP contribution in [0.3, 0.4) is 0 Å². The molecule has 30 heavy (non-hydrogen) atoms. The number of nitrogens with one attached hydrogen (secondary N) is 1. The van der Waals surface area contributed by atoms with Crippen LogP contribution in [0.4, 0.5) is 5.69 Å². The van der Waals surface area contributed by atoms with Crippen LogP contribution in [0.1, 0.15) is 26.3 Å². The Hall–Kier alpha value is -2.29. The molecular weight excluding hydrogens is 428 g/mol. The topological polar surface area (TPSA) is 84.9 Å². The van der Waals surface area contributed by atoms with Gasteiger partial charge in [-0.25, -0.2) is 8.42 Å². The third-order valence-electron chi connectivity index (χ3n) is 4.37. The van der Waals surface area contributed by atoms with Crippen LogP contribution in [0.15, 0.2) is 41.3 Å². The molecule has 0 saturated heterocycles. The number of hydrogen-bond donors (Lipinski definition) is 1. The molecule has 164 valence electrons. The zero-order chi connectivity index (χ0) is 22.3. The first-order valence-electron chi connectivity index (χ1n) is 9.68. The van der Waals surface area contributed by atoms with Gasteiger partial charge in [-0.1, -0.05) is 25.4 Å². The number of ether oxygens (including phenoxy) is 2. The fourth-order valence-electron chi connectivity index (χ4n) is 2.80. The number of benzene rings is 2. The lowest BCUT2D eigenvalue weighted by Gasteiger charge is -2.20. The van der Waals surface area contributed by atoms with Gasteiger partial charge in [-0.05, 0) is 55.8 Å². The number of halogens is 1. The Kier molecular flexibility index (Phi) is 8.52. The molecule has 0 aromatic heterocycles. The second-order valence-corrected chi connectivity index (χ2v) is 8.77. The summed E-state index contributed by atoms with van der Waals surface area (Å²) < 4.78 is 38.0. The Bertz CT molecular complexity index is 991. The highest BCUT2D eigenvalue weighted by molar-refractivity contribution is 7.89. The number of sulfonamides is 1. The number of carbonyl (C=O) groups is 1. The largest absolute Gasteiger partial charge is 0.492 e.